The molecule has 0 saturated heterocycles. The molecule has 0 amide bonds. The van der Waals surface area contributed by atoms with E-state index in [4.69, 9.17) is 9.47 Å². The van der Waals surface area contributed by atoms with Gasteiger partial charge in [-0.05, 0) is 20.9 Å². The average molecular weight is 267 g/mol. The summed E-state index contributed by atoms with van der Waals surface area (Å²) in [6, 6.07) is 0. The smallest absolute Gasteiger partial charge is 0.146 e. The first-order valence-corrected chi connectivity index (χ1v) is 6.95. The van der Waals surface area contributed by atoms with Gasteiger partial charge >= 0.3 is 0 Å². The Morgan fingerprint density at radius 1 is 0.778 bits per heavy atom. The monoisotopic (exact) mass is 267 g/mol. The van der Waals surface area contributed by atoms with Gasteiger partial charge in [-0.1, -0.05) is 40.5 Å². The molecule has 0 fully saturated rings. The molecule has 0 aromatic rings. The highest BCUT2D eigenvalue weighted by molar-refractivity contribution is 4.14. The quantitative estimate of drug-likeness (QED) is 0.589. The number of ether oxygens (including phenoxy) is 3. The van der Waals surface area contributed by atoms with Crippen LogP contribution in [0, 0.1) is 0 Å². The van der Waals surface area contributed by atoms with Gasteiger partial charge in [0, 0.05) is 20.3 Å². The maximum Gasteiger partial charge on any atom is 0.146 e. The number of hydrogen-bond acceptors (Lipinski definition) is 4. The largest absolute Gasteiger partial charge is 0.367 e. The molecule has 0 rings (SSSR count). The van der Waals surface area contributed by atoms with Crippen LogP contribution >= 0.6 is 0 Å². The van der Waals surface area contributed by atoms with Gasteiger partial charge in [0.05, 0.1) is 6.73 Å². The Labute approximate surface area is 115 Å². The molecule has 0 atom stereocenters. The molecule has 0 aliphatic carbocycles. The third kappa shape index (κ3) is 102. The first-order valence-electron chi connectivity index (χ1n) is 6.95. The molecule has 1 N–H and O–H groups in total. The lowest BCUT2D eigenvalue weighted by Gasteiger charge is -1.93. The second kappa shape index (κ2) is 43.6. The number of methoxy groups -OCH3 is 1. The first kappa shape index (κ1) is 26.4. The molecule has 4 nitrogen and oxygen atoms in total. The van der Waals surface area contributed by atoms with Gasteiger partial charge in [-0.15, -0.1) is 0 Å². The zero-order valence-corrected chi connectivity index (χ0v) is 14.0. The summed E-state index contributed by atoms with van der Waals surface area (Å²) in [6.07, 6.45) is 2.50. The third-order valence-electron chi connectivity index (χ3n) is 0.856. The molecule has 18 heavy (non-hydrogen) atoms. The number of nitrogens with one attached hydrogen (secondary N) is 1. The van der Waals surface area contributed by atoms with E-state index in [9.17, 15) is 0 Å². The average Bonchev–Trinajstić information content (AvgIpc) is 2.36. The van der Waals surface area contributed by atoms with Crippen molar-refractivity contribution in [1.29, 1.82) is 0 Å². The third-order valence-corrected chi connectivity index (χ3v) is 0.856. The van der Waals surface area contributed by atoms with Gasteiger partial charge in [0.1, 0.15) is 6.79 Å². The lowest BCUT2D eigenvalue weighted by molar-refractivity contribution is -0.0250. The zero-order valence-electron chi connectivity index (χ0n) is 14.0. The van der Waals surface area contributed by atoms with Gasteiger partial charge in [0.25, 0.3) is 0 Å². The van der Waals surface area contributed by atoms with Crippen LogP contribution in [-0.2, 0) is 14.2 Å². The molecule has 0 unspecified atom stereocenters. The van der Waals surface area contributed by atoms with Crippen molar-refractivity contribution in [2.45, 2.75) is 54.4 Å². The fraction of sp³-hybridized carbons (Fsp3) is 1.00. The minimum atomic E-state index is 0.413. The van der Waals surface area contributed by atoms with Crippen LogP contribution < -0.4 is 5.32 Å². The molecule has 4 heteroatoms. The highest BCUT2D eigenvalue weighted by atomic mass is 16.7. The van der Waals surface area contributed by atoms with Crippen molar-refractivity contribution in [3.05, 3.63) is 0 Å². The zero-order chi connectivity index (χ0) is 15.1. The molecule has 116 valence electrons. The molecule has 0 aliphatic heterocycles. The molecular weight excluding hydrogens is 230 g/mol. The summed E-state index contributed by atoms with van der Waals surface area (Å²) in [7, 11) is 3.46. The van der Waals surface area contributed by atoms with Crippen LogP contribution in [0.2, 0.25) is 0 Å². The van der Waals surface area contributed by atoms with E-state index in [1.54, 1.807) is 7.11 Å². The Morgan fingerprint density at radius 3 is 1.28 bits per heavy atom. The fourth-order valence-electron chi connectivity index (χ4n) is 0.371. The Bertz CT molecular complexity index is 65.4. The van der Waals surface area contributed by atoms with Gasteiger partial charge in [-0.2, -0.15) is 0 Å². The van der Waals surface area contributed by atoms with E-state index in [0.29, 0.717) is 13.5 Å². The Hall–Kier alpha value is -0.160. The normalized spacial score (nSPS) is 8.00. The maximum absolute atomic E-state index is 4.87. The predicted molar refractivity (Wildman–Crippen MR) is 81.0 cm³/mol. The summed E-state index contributed by atoms with van der Waals surface area (Å²) in [5.41, 5.74) is 0. The lowest BCUT2D eigenvalue weighted by atomic mass is 10.6. The predicted octanol–water partition coefficient (Wildman–Crippen LogP) is 3.66. The summed E-state index contributed by atoms with van der Waals surface area (Å²) >= 11 is 0. The number of hydrogen-bond donors (Lipinski definition) is 1. The summed E-state index contributed by atoms with van der Waals surface area (Å²) < 4.78 is 14.2. The second-order valence-electron chi connectivity index (χ2n) is 3.30. The van der Waals surface area contributed by atoms with E-state index in [-0.39, 0.29) is 0 Å². The molecular formula is C14H37NO3. The maximum atomic E-state index is 4.87. The van der Waals surface area contributed by atoms with E-state index in [2.05, 4.69) is 37.7 Å². The van der Waals surface area contributed by atoms with E-state index >= 15 is 0 Å². The van der Waals surface area contributed by atoms with Crippen molar-refractivity contribution >= 4 is 0 Å². The summed E-state index contributed by atoms with van der Waals surface area (Å²) in [4.78, 5) is 0. The minimum Gasteiger partial charge on any atom is -0.367 e. The Kier molecular flexibility index (Phi) is 64.0. The van der Waals surface area contributed by atoms with E-state index in [0.717, 1.165) is 13.2 Å². The fourth-order valence-corrected chi connectivity index (χ4v) is 0.371. The number of rotatable bonds is 6. The van der Waals surface area contributed by atoms with Gasteiger partial charge in [0.15, 0.2) is 0 Å². The van der Waals surface area contributed by atoms with Crippen LogP contribution in [0.1, 0.15) is 54.4 Å². The van der Waals surface area contributed by atoms with Crippen molar-refractivity contribution in [2.75, 3.05) is 40.9 Å². The lowest BCUT2D eigenvalue weighted by Crippen LogP contribution is -2.10. The van der Waals surface area contributed by atoms with E-state index in [1.807, 2.05) is 20.9 Å². The Balaban J connectivity index is -0.0000000770. The van der Waals surface area contributed by atoms with Crippen LogP contribution in [0.25, 0.3) is 0 Å². The summed E-state index contributed by atoms with van der Waals surface area (Å²) in [5, 5.41) is 2.85. The van der Waals surface area contributed by atoms with Crippen LogP contribution in [0.5, 0.6) is 0 Å². The SMILES string of the molecule is CCC.CCC.CCOCNC.CCOCOC. The minimum absolute atomic E-state index is 0.413. The van der Waals surface area contributed by atoms with Crippen molar-refractivity contribution in [3.8, 4) is 0 Å². The molecule has 0 radical (unpaired) electrons. The van der Waals surface area contributed by atoms with Crippen LogP contribution in [0.15, 0.2) is 0 Å². The highest BCUT2D eigenvalue weighted by Gasteiger charge is 1.71. The molecule has 0 aromatic carbocycles. The summed E-state index contributed by atoms with van der Waals surface area (Å²) in [5.74, 6) is 0. The highest BCUT2D eigenvalue weighted by Crippen LogP contribution is 1.68. The molecule has 0 aromatic heterocycles. The van der Waals surface area contributed by atoms with Crippen molar-refractivity contribution in [1.82, 2.24) is 5.32 Å². The molecule has 0 saturated carbocycles. The molecule has 0 aliphatic rings. The van der Waals surface area contributed by atoms with Crippen molar-refractivity contribution in [2.24, 2.45) is 0 Å². The topological polar surface area (TPSA) is 39.7 Å². The standard InChI is InChI=1S/C4H11NO.C4H10O2.2C3H8/c2*1-3-6-4-5-2;2*1-3-2/h5H,3-4H2,1-2H3;3-4H2,1-2H3;2*3H2,1-2H3. The van der Waals surface area contributed by atoms with Crippen LogP contribution in [0.3, 0.4) is 0 Å². The van der Waals surface area contributed by atoms with Gasteiger partial charge < -0.3 is 14.2 Å². The van der Waals surface area contributed by atoms with E-state index < -0.39 is 0 Å². The van der Waals surface area contributed by atoms with Gasteiger partial charge in [0.2, 0.25) is 0 Å². The van der Waals surface area contributed by atoms with Gasteiger partial charge in [-0.3, -0.25) is 5.32 Å². The van der Waals surface area contributed by atoms with Crippen LogP contribution in [-0.4, -0.2) is 40.9 Å². The van der Waals surface area contributed by atoms with Crippen molar-refractivity contribution in [3.63, 3.8) is 0 Å². The molecule has 0 spiro atoms. The molecule has 0 bridgehead atoms. The van der Waals surface area contributed by atoms with Crippen LogP contribution in [0.4, 0.5) is 0 Å². The summed E-state index contributed by atoms with van der Waals surface area (Å²) in [6.45, 7) is 15.0. The van der Waals surface area contributed by atoms with E-state index in [1.165, 1.54) is 12.8 Å². The second-order valence-corrected chi connectivity index (χ2v) is 3.30. The molecule has 0 heterocycles. The van der Waals surface area contributed by atoms with Gasteiger partial charge in [-0.25, -0.2) is 0 Å². The Morgan fingerprint density at radius 2 is 1.17 bits per heavy atom. The first-order chi connectivity index (χ1) is 8.66. The van der Waals surface area contributed by atoms with Crippen molar-refractivity contribution < 1.29 is 14.2 Å².